The Morgan fingerprint density at radius 2 is 1.50 bits per heavy atom. The zero-order valence-electron chi connectivity index (χ0n) is 15.0. The lowest BCUT2D eigenvalue weighted by Crippen LogP contribution is -2.39. The first-order valence-corrected chi connectivity index (χ1v) is 8.78. The van der Waals surface area contributed by atoms with Gasteiger partial charge in [-0.05, 0) is 42.4 Å². The molecule has 0 bridgehead atoms. The van der Waals surface area contributed by atoms with Crippen LogP contribution >= 0.6 is 0 Å². The van der Waals surface area contributed by atoms with Gasteiger partial charge in [0.1, 0.15) is 0 Å². The van der Waals surface area contributed by atoms with Crippen molar-refractivity contribution in [3.8, 4) is 0 Å². The van der Waals surface area contributed by atoms with Crippen LogP contribution in [0.4, 0.5) is 0 Å². The molecule has 0 aliphatic carbocycles. The third-order valence-corrected chi connectivity index (χ3v) is 4.51. The van der Waals surface area contributed by atoms with Crippen molar-refractivity contribution in [3.63, 3.8) is 0 Å². The second-order valence-corrected chi connectivity index (χ2v) is 6.91. The van der Waals surface area contributed by atoms with Crippen LogP contribution < -0.4 is 4.57 Å². The van der Waals surface area contributed by atoms with Gasteiger partial charge in [0, 0.05) is 12.1 Å². The average Bonchev–Trinajstić information content (AvgIpc) is 2.59. The van der Waals surface area contributed by atoms with Gasteiger partial charge in [-0.15, -0.1) is 0 Å². The minimum atomic E-state index is 0.421. The fourth-order valence-corrected chi connectivity index (χ4v) is 3.22. The molecule has 1 aromatic heterocycles. The monoisotopic (exact) mass is 316 g/mol. The predicted molar refractivity (Wildman–Crippen MR) is 104 cm³/mol. The van der Waals surface area contributed by atoms with Crippen LogP contribution in [0.3, 0.4) is 0 Å². The lowest BCUT2D eigenvalue weighted by molar-refractivity contribution is -0.716. The van der Waals surface area contributed by atoms with Crippen LogP contribution in [0, 0.1) is 5.92 Å². The van der Waals surface area contributed by atoms with E-state index in [1.165, 1.54) is 27.6 Å². The van der Waals surface area contributed by atoms with E-state index in [0.717, 1.165) is 0 Å². The molecule has 0 N–H and O–H groups in total. The molecule has 2 aromatic carbocycles. The van der Waals surface area contributed by atoms with Crippen molar-refractivity contribution >= 4 is 22.4 Å². The van der Waals surface area contributed by atoms with Crippen LogP contribution in [0.1, 0.15) is 45.0 Å². The quantitative estimate of drug-likeness (QED) is 0.527. The third-order valence-electron chi connectivity index (χ3n) is 4.51. The molecule has 0 unspecified atom stereocenters. The van der Waals surface area contributed by atoms with Gasteiger partial charge in [-0.2, -0.15) is 4.57 Å². The summed E-state index contributed by atoms with van der Waals surface area (Å²) in [6, 6.07) is 22.0. The van der Waals surface area contributed by atoms with Crippen molar-refractivity contribution in [1.82, 2.24) is 0 Å². The van der Waals surface area contributed by atoms with Crippen LogP contribution in [0.2, 0.25) is 0 Å². The SMILES string of the molecule is CC(C)/C(=C\c1c2ccccc2cc[n+]1C(C)C)c1ccccc1. The lowest BCUT2D eigenvalue weighted by Gasteiger charge is -2.13. The second-order valence-electron chi connectivity index (χ2n) is 6.91. The van der Waals surface area contributed by atoms with Crippen LogP contribution in [0.15, 0.2) is 66.9 Å². The van der Waals surface area contributed by atoms with Gasteiger partial charge in [0.2, 0.25) is 5.69 Å². The van der Waals surface area contributed by atoms with E-state index in [4.69, 9.17) is 0 Å². The number of hydrogen-bond donors (Lipinski definition) is 0. The Hall–Kier alpha value is -2.41. The third kappa shape index (κ3) is 3.26. The minimum absolute atomic E-state index is 0.421. The number of nitrogens with zero attached hydrogens (tertiary/aromatic N) is 1. The summed E-state index contributed by atoms with van der Waals surface area (Å²) in [5, 5.41) is 2.60. The first-order valence-electron chi connectivity index (χ1n) is 8.78. The molecule has 0 radical (unpaired) electrons. The molecule has 3 rings (SSSR count). The van der Waals surface area contributed by atoms with E-state index in [1.54, 1.807) is 0 Å². The zero-order valence-corrected chi connectivity index (χ0v) is 15.0. The molecule has 1 heterocycles. The van der Waals surface area contributed by atoms with Crippen LogP contribution in [-0.4, -0.2) is 0 Å². The molecule has 1 nitrogen and oxygen atoms in total. The van der Waals surface area contributed by atoms with Crippen molar-refractivity contribution < 1.29 is 4.57 Å². The Balaban J connectivity index is 2.28. The summed E-state index contributed by atoms with van der Waals surface area (Å²) in [5.41, 5.74) is 3.97. The standard InChI is InChI=1S/C23H26N/c1-17(2)22(19-10-6-5-7-11-19)16-23-21-13-9-8-12-20(21)14-15-24(23)18(3)4/h5-18H,1-4H3/q+1/b22-16+. The Labute approximate surface area is 145 Å². The topological polar surface area (TPSA) is 3.88 Å². The Bertz CT molecular complexity index is 858. The van der Waals surface area contributed by atoms with Crippen molar-refractivity contribution in [2.75, 3.05) is 0 Å². The van der Waals surface area contributed by atoms with Gasteiger partial charge in [-0.25, -0.2) is 0 Å². The zero-order chi connectivity index (χ0) is 17.1. The van der Waals surface area contributed by atoms with Crippen LogP contribution in [0.25, 0.3) is 22.4 Å². The van der Waals surface area contributed by atoms with Crippen molar-refractivity contribution in [2.24, 2.45) is 5.92 Å². The molecular formula is C23H26N+. The molecule has 0 atom stereocenters. The highest BCUT2D eigenvalue weighted by molar-refractivity contribution is 5.92. The van der Waals surface area contributed by atoms with E-state index in [9.17, 15) is 0 Å². The Kier molecular flexibility index (Phi) is 4.80. The molecule has 0 aliphatic heterocycles. The molecule has 0 fully saturated rings. The van der Waals surface area contributed by atoms with Crippen LogP contribution in [-0.2, 0) is 0 Å². The number of benzene rings is 2. The number of allylic oxidation sites excluding steroid dienone is 1. The molecule has 0 amide bonds. The van der Waals surface area contributed by atoms with Crippen molar-refractivity contribution in [1.29, 1.82) is 0 Å². The number of hydrogen-bond acceptors (Lipinski definition) is 0. The van der Waals surface area contributed by atoms with Crippen molar-refractivity contribution in [3.05, 3.63) is 78.1 Å². The highest BCUT2D eigenvalue weighted by atomic mass is 15.0. The fraction of sp³-hybridized carbons (Fsp3) is 0.261. The number of rotatable bonds is 4. The maximum Gasteiger partial charge on any atom is 0.213 e. The predicted octanol–water partition coefficient (Wildman–Crippen LogP) is 5.90. The maximum atomic E-state index is 2.38. The van der Waals surface area contributed by atoms with E-state index in [0.29, 0.717) is 12.0 Å². The van der Waals surface area contributed by atoms with E-state index >= 15 is 0 Å². The summed E-state index contributed by atoms with van der Waals surface area (Å²) in [5.74, 6) is 0.465. The molecule has 1 heteroatoms. The average molecular weight is 316 g/mol. The summed E-state index contributed by atoms with van der Waals surface area (Å²) < 4.78 is 2.37. The summed E-state index contributed by atoms with van der Waals surface area (Å²) in [4.78, 5) is 0. The highest BCUT2D eigenvalue weighted by Gasteiger charge is 2.18. The molecule has 24 heavy (non-hydrogen) atoms. The van der Waals surface area contributed by atoms with E-state index < -0.39 is 0 Å². The molecule has 3 aromatic rings. The lowest BCUT2D eigenvalue weighted by atomic mass is 9.93. The van der Waals surface area contributed by atoms with Crippen molar-refractivity contribution in [2.45, 2.75) is 33.7 Å². The van der Waals surface area contributed by atoms with E-state index in [-0.39, 0.29) is 0 Å². The van der Waals surface area contributed by atoms with Crippen LogP contribution in [0.5, 0.6) is 0 Å². The molecule has 0 saturated carbocycles. The van der Waals surface area contributed by atoms with Gasteiger partial charge >= 0.3 is 0 Å². The summed E-state index contributed by atoms with van der Waals surface area (Å²) in [6.07, 6.45) is 4.59. The van der Waals surface area contributed by atoms with Gasteiger partial charge in [0.05, 0.1) is 5.39 Å². The van der Waals surface area contributed by atoms with Gasteiger partial charge in [0.25, 0.3) is 0 Å². The summed E-state index contributed by atoms with van der Waals surface area (Å²) >= 11 is 0. The van der Waals surface area contributed by atoms with Gasteiger partial charge in [-0.3, -0.25) is 0 Å². The summed E-state index contributed by atoms with van der Waals surface area (Å²) in [6.45, 7) is 9.01. The number of aromatic nitrogens is 1. The smallest absolute Gasteiger partial charge is 0.196 e. The maximum absolute atomic E-state index is 2.38. The first-order chi connectivity index (χ1) is 11.6. The summed E-state index contributed by atoms with van der Waals surface area (Å²) in [7, 11) is 0. The first kappa shape index (κ1) is 16.4. The molecular weight excluding hydrogens is 290 g/mol. The van der Waals surface area contributed by atoms with E-state index in [1.807, 2.05) is 0 Å². The number of fused-ring (bicyclic) bond motifs is 1. The highest BCUT2D eigenvalue weighted by Crippen LogP contribution is 2.27. The van der Waals surface area contributed by atoms with Gasteiger partial charge in [-0.1, -0.05) is 62.4 Å². The van der Waals surface area contributed by atoms with E-state index in [2.05, 4.69) is 105 Å². The Morgan fingerprint density at radius 1 is 0.833 bits per heavy atom. The largest absolute Gasteiger partial charge is 0.213 e. The minimum Gasteiger partial charge on any atom is -0.196 e. The molecule has 0 spiro atoms. The normalized spacial score (nSPS) is 12.3. The van der Waals surface area contributed by atoms with Gasteiger partial charge in [0.15, 0.2) is 12.2 Å². The van der Waals surface area contributed by atoms with Gasteiger partial charge < -0.3 is 0 Å². The number of pyridine rings is 1. The Morgan fingerprint density at radius 3 is 2.17 bits per heavy atom. The molecule has 122 valence electrons. The molecule has 0 saturated heterocycles. The molecule has 0 aliphatic rings. The fourth-order valence-electron chi connectivity index (χ4n) is 3.22. The second kappa shape index (κ2) is 7.00.